The molecule has 0 bridgehead atoms. The molecular weight excluding hydrogens is 304 g/mol. The Hall–Kier alpha value is -2.38. The smallest absolute Gasteiger partial charge is 0.0607 e. The van der Waals surface area contributed by atoms with E-state index in [0.717, 1.165) is 13.2 Å². The lowest BCUT2D eigenvalue weighted by atomic mass is 9.47. The van der Waals surface area contributed by atoms with Crippen LogP contribution in [0.3, 0.4) is 0 Å². The molecule has 2 aromatic carbocycles. The van der Waals surface area contributed by atoms with Crippen LogP contribution in [0.1, 0.15) is 25.0 Å². The zero-order valence-corrected chi connectivity index (χ0v) is 14.8. The lowest BCUT2D eigenvalue weighted by molar-refractivity contribution is 0.176. The van der Waals surface area contributed by atoms with E-state index in [9.17, 15) is 0 Å². The average Bonchev–Trinajstić information content (AvgIpc) is 2.93. The Morgan fingerprint density at radius 2 is 1.04 bits per heavy atom. The van der Waals surface area contributed by atoms with E-state index < -0.39 is 0 Å². The standard InChI is InChI=1S/C24H22O/c1-17-21(19-9-5-3-6-10-19)22(20-11-7-4-8-12-20)18(2)24-14-13-23(17,24)15-25-16-24/h3-14H,15-16H2,1-2H3. The molecule has 0 N–H and O–H groups in total. The molecule has 1 fully saturated rings. The second kappa shape index (κ2) is 5.06. The van der Waals surface area contributed by atoms with Gasteiger partial charge in [0.15, 0.2) is 0 Å². The van der Waals surface area contributed by atoms with Crippen molar-refractivity contribution in [2.24, 2.45) is 10.8 Å². The Kier molecular flexibility index (Phi) is 3.02. The quantitative estimate of drug-likeness (QED) is 0.660. The minimum absolute atomic E-state index is 0.0422. The van der Waals surface area contributed by atoms with Crippen LogP contribution in [0.25, 0.3) is 11.1 Å². The molecular formula is C24H22O. The number of benzene rings is 2. The molecule has 124 valence electrons. The number of hydrogen-bond acceptors (Lipinski definition) is 1. The van der Waals surface area contributed by atoms with Gasteiger partial charge in [-0.05, 0) is 36.1 Å². The minimum atomic E-state index is 0.0422. The van der Waals surface area contributed by atoms with Gasteiger partial charge in [0.05, 0.1) is 13.2 Å². The highest BCUT2D eigenvalue weighted by atomic mass is 16.5. The van der Waals surface area contributed by atoms with Gasteiger partial charge in [-0.3, -0.25) is 0 Å². The van der Waals surface area contributed by atoms with Crippen molar-refractivity contribution in [2.45, 2.75) is 13.8 Å². The van der Waals surface area contributed by atoms with E-state index in [-0.39, 0.29) is 10.8 Å². The molecule has 1 heterocycles. The van der Waals surface area contributed by atoms with Gasteiger partial charge in [0, 0.05) is 10.8 Å². The molecule has 2 unspecified atom stereocenters. The molecule has 0 spiro atoms. The van der Waals surface area contributed by atoms with Crippen molar-refractivity contribution in [3.63, 3.8) is 0 Å². The number of rotatable bonds is 2. The molecule has 3 aliphatic rings. The average molecular weight is 326 g/mol. The molecule has 0 saturated carbocycles. The largest absolute Gasteiger partial charge is 0.379 e. The predicted molar refractivity (Wildman–Crippen MR) is 103 cm³/mol. The van der Waals surface area contributed by atoms with Gasteiger partial charge in [-0.25, -0.2) is 0 Å². The van der Waals surface area contributed by atoms with Crippen molar-refractivity contribution >= 4 is 11.1 Å². The molecule has 1 nitrogen and oxygen atoms in total. The highest BCUT2D eigenvalue weighted by Crippen LogP contribution is 2.68. The van der Waals surface area contributed by atoms with Crippen molar-refractivity contribution in [1.29, 1.82) is 0 Å². The summed E-state index contributed by atoms with van der Waals surface area (Å²) in [4.78, 5) is 0. The normalized spacial score (nSPS) is 30.2. The molecule has 0 aromatic heterocycles. The minimum Gasteiger partial charge on any atom is -0.379 e. The third-order valence-corrected chi connectivity index (χ3v) is 6.57. The van der Waals surface area contributed by atoms with E-state index >= 15 is 0 Å². The second-order valence-corrected chi connectivity index (χ2v) is 7.50. The van der Waals surface area contributed by atoms with Gasteiger partial charge in [0.1, 0.15) is 0 Å². The second-order valence-electron chi connectivity index (χ2n) is 7.50. The summed E-state index contributed by atoms with van der Waals surface area (Å²) in [6, 6.07) is 21.6. The van der Waals surface area contributed by atoms with Crippen LogP contribution >= 0.6 is 0 Å². The lowest BCUT2D eigenvalue weighted by Crippen LogP contribution is -2.49. The Morgan fingerprint density at radius 1 is 0.640 bits per heavy atom. The first kappa shape index (κ1) is 14.9. The molecule has 0 amide bonds. The summed E-state index contributed by atoms with van der Waals surface area (Å²) in [7, 11) is 0. The van der Waals surface area contributed by atoms with Crippen molar-refractivity contribution in [1.82, 2.24) is 0 Å². The monoisotopic (exact) mass is 326 g/mol. The predicted octanol–water partition coefficient (Wildman–Crippen LogP) is 5.52. The van der Waals surface area contributed by atoms with Gasteiger partial charge in [0.2, 0.25) is 0 Å². The number of allylic oxidation sites excluding steroid dienone is 2. The van der Waals surface area contributed by atoms with E-state index in [2.05, 4.69) is 86.7 Å². The van der Waals surface area contributed by atoms with E-state index in [1.165, 1.54) is 33.4 Å². The summed E-state index contributed by atoms with van der Waals surface area (Å²) in [6.07, 6.45) is 4.76. The number of hydrogen-bond donors (Lipinski definition) is 0. The Morgan fingerprint density at radius 3 is 1.40 bits per heavy atom. The van der Waals surface area contributed by atoms with E-state index in [0.29, 0.717) is 0 Å². The lowest BCUT2D eigenvalue weighted by Gasteiger charge is -2.54. The van der Waals surface area contributed by atoms with Crippen LogP contribution in [0.4, 0.5) is 0 Å². The van der Waals surface area contributed by atoms with E-state index in [1.807, 2.05) is 0 Å². The molecule has 2 aromatic rings. The number of ether oxygens (including phenoxy) is 1. The Balaban J connectivity index is 1.85. The fraction of sp³-hybridized carbons (Fsp3) is 0.250. The van der Waals surface area contributed by atoms with Crippen LogP contribution in [-0.2, 0) is 4.74 Å². The summed E-state index contributed by atoms with van der Waals surface area (Å²) >= 11 is 0. The molecule has 0 radical (unpaired) electrons. The molecule has 25 heavy (non-hydrogen) atoms. The first-order valence-corrected chi connectivity index (χ1v) is 9.02. The maximum absolute atomic E-state index is 6.04. The van der Waals surface area contributed by atoms with Crippen LogP contribution in [0.2, 0.25) is 0 Å². The first-order valence-electron chi connectivity index (χ1n) is 9.02. The summed E-state index contributed by atoms with van der Waals surface area (Å²) < 4.78 is 6.04. The van der Waals surface area contributed by atoms with Crippen molar-refractivity contribution in [3.05, 3.63) is 95.1 Å². The zero-order valence-electron chi connectivity index (χ0n) is 14.8. The zero-order chi connectivity index (χ0) is 17.1. The van der Waals surface area contributed by atoms with E-state index in [4.69, 9.17) is 4.74 Å². The van der Waals surface area contributed by atoms with Gasteiger partial charge >= 0.3 is 0 Å². The van der Waals surface area contributed by atoms with Crippen LogP contribution < -0.4 is 0 Å². The van der Waals surface area contributed by atoms with Crippen LogP contribution in [0, 0.1) is 10.8 Å². The van der Waals surface area contributed by atoms with Gasteiger partial charge in [-0.1, -0.05) is 84.0 Å². The van der Waals surface area contributed by atoms with Crippen LogP contribution in [0.15, 0.2) is 84.0 Å². The molecule has 1 aliphatic heterocycles. The first-order chi connectivity index (χ1) is 12.2. The third kappa shape index (κ3) is 1.72. The van der Waals surface area contributed by atoms with Gasteiger partial charge < -0.3 is 4.74 Å². The van der Waals surface area contributed by atoms with Crippen molar-refractivity contribution in [3.8, 4) is 0 Å². The van der Waals surface area contributed by atoms with Crippen molar-refractivity contribution in [2.75, 3.05) is 13.2 Å². The third-order valence-electron chi connectivity index (χ3n) is 6.57. The fourth-order valence-corrected chi connectivity index (χ4v) is 5.10. The van der Waals surface area contributed by atoms with E-state index in [1.54, 1.807) is 0 Å². The summed E-state index contributed by atoms with van der Waals surface area (Å²) in [5.41, 5.74) is 8.35. The maximum atomic E-state index is 6.04. The molecule has 1 heteroatoms. The van der Waals surface area contributed by atoms with Crippen molar-refractivity contribution < 1.29 is 4.74 Å². The highest BCUT2D eigenvalue weighted by molar-refractivity contribution is 6.09. The van der Waals surface area contributed by atoms with Gasteiger partial charge in [-0.2, -0.15) is 0 Å². The maximum Gasteiger partial charge on any atom is 0.0607 e. The summed E-state index contributed by atoms with van der Waals surface area (Å²) in [5, 5.41) is 0. The molecule has 2 atom stereocenters. The SMILES string of the molecule is CC1=C(c2ccccc2)C(c2ccccc2)=C(C)C23C=CC12COC3. The van der Waals surface area contributed by atoms with Crippen LogP contribution in [0.5, 0.6) is 0 Å². The van der Waals surface area contributed by atoms with Gasteiger partial charge in [-0.15, -0.1) is 0 Å². The topological polar surface area (TPSA) is 9.23 Å². The molecule has 5 rings (SSSR count). The van der Waals surface area contributed by atoms with Crippen LogP contribution in [-0.4, -0.2) is 13.2 Å². The molecule has 2 aliphatic carbocycles. The molecule has 1 saturated heterocycles. The Bertz CT molecular complexity index is 855. The summed E-state index contributed by atoms with van der Waals surface area (Å²) in [6.45, 7) is 6.21. The summed E-state index contributed by atoms with van der Waals surface area (Å²) in [5.74, 6) is 0. The fourth-order valence-electron chi connectivity index (χ4n) is 5.10. The van der Waals surface area contributed by atoms with Gasteiger partial charge in [0.25, 0.3) is 0 Å². The Labute approximate surface area is 149 Å². The highest BCUT2D eigenvalue weighted by Gasteiger charge is 2.63.